The van der Waals surface area contributed by atoms with Gasteiger partial charge in [-0.3, -0.25) is 10.00 Å². The van der Waals surface area contributed by atoms with Crippen molar-refractivity contribution >= 4 is 12.4 Å². The van der Waals surface area contributed by atoms with Crippen LogP contribution in [0, 0.1) is 5.82 Å². The van der Waals surface area contributed by atoms with Gasteiger partial charge in [0.15, 0.2) is 0 Å². The number of hydrogen-bond acceptors (Lipinski definition) is 3. The number of aromatic nitrogens is 4. The van der Waals surface area contributed by atoms with Gasteiger partial charge in [-0.05, 0) is 11.6 Å². The Morgan fingerprint density at radius 2 is 1.79 bits per heavy atom. The van der Waals surface area contributed by atoms with E-state index in [1.165, 1.54) is 11.6 Å². The van der Waals surface area contributed by atoms with Crippen LogP contribution in [0.4, 0.5) is 4.39 Å². The molecule has 1 N–H and O–H groups in total. The number of benzene rings is 2. The summed E-state index contributed by atoms with van der Waals surface area (Å²) in [5.41, 5.74) is 2.81. The first-order chi connectivity index (χ1) is 13.7. The molecule has 4 aromatic rings. The molecular weight excluding hydrogens is 389 g/mol. The van der Waals surface area contributed by atoms with Crippen molar-refractivity contribution < 1.29 is 4.39 Å². The summed E-state index contributed by atoms with van der Waals surface area (Å²) in [6.07, 6.45) is 7.44. The van der Waals surface area contributed by atoms with Gasteiger partial charge in [0.1, 0.15) is 11.6 Å². The first-order valence-corrected chi connectivity index (χ1v) is 9.21. The van der Waals surface area contributed by atoms with E-state index in [1.807, 2.05) is 59.2 Å². The molecule has 0 saturated heterocycles. The number of nitrogens with zero attached hydrogens (tertiary/aromatic N) is 4. The summed E-state index contributed by atoms with van der Waals surface area (Å²) >= 11 is 0. The molecule has 0 aliphatic heterocycles. The Bertz CT molecular complexity index is 1040. The van der Waals surface area contributed by atoms with Crippen LogP contribution in [0.2, 0.25) is 0 Å². The topological polar surface area (TPSA) is 47.7 Å². The highest BCUT2D eigenvalue weighted by Gasteiger charge is 2.21. The highest BCUT2D eigenvalue weighted by molar-refractivity contribution is 5.85. The molecule has 2 aromatic carbocycles. The van der Waals surface area contributed by atoms with Gasteiger partial charge in [-0.1, -0.05) is 48.5 Å². The van der Waals surface area contributed by atoms with Gasteiger partial charge < -0.3 is 4.57 Å². The van der Waals surface area contributed by atoms with Crippen LogP contribution in [0.5, 0.6) is 0 Å². The van der Waals surface area contributed by atoms with Gasteiger partial charge in [0.25, 0.3) is 0 Å². The highest BCUT2D eigenvalue weighted by Crippen LogP contribution is 2.23. The van der Waals surface area contributed by atoms with Crippen molar-refractivity contribution in [3.8, 4) is 0 Å². The molecule has 2 heterocycles. The Labute approximate surface area is 175 Å². The maximum Gasteiger partial charge on any atom is 0.130 e. The van der Waals surface area contributed by atoms with Crippen molar-refractivity contribution in [2.24, 2.45) is 7.05 Å². The number of nitrogens with one attached hydrogen (secondary N) is 1. The van der Waals surface area contributed by atoms with E-state index in [-0.39, 0.29) is 24.3 Å². The third kappa shape index (κ3) is 4.91. The van der Waals surface area contributed by atoms with Crippen LogP contribution in [0.3, 0.4) is 0 Å². The smallest absolute Gasteiger partial charge is 0.130 e. The molecule has 0 saturated carbocycles. The number of halogens is 2. The predicted octanol–water partition coefficient (Wildman–Crippen LogP) is 4.11. The Hall–Kier alpha value is -2.96. The van der Waals surface area contributed by atoms with Gasteiger partial charge in [0.05, 0.1) is 18.8 Å². The van der Waals surface area contributed by atoms with Gasteiger partial charge >= 0.3 is 0 Å². The fraction of sp³-hybridized carbons (Fsp3) is 0.182. The van der Waals surface area contributed by atoms with Crippen LogP contribution in [0.15, 0.2) is 79.4 Å². The first kappa shape index (κ1) is 20.8. The van der Waals surface area contributed by atoms with Crippen molar-refractivity contribution in [1.82, 2.24) is 24.6 Å². The summed E-state index contributed by atoms with van der Waals surface area (Å²) < 4.78 is 18.3. The lowest BCUT2D eigenvalue weighted by atomic mass is 10.1. The molecule has 150 valence electrons. The third-order valence-corrected chi connectivity index (χ3v) is 4.72. The monoisotopic (exact) mass is 411 g/mol. The number of aryl methyl sites for hydroxylation is 1. The lowest BCUT2D eigenvalue weighted by Crippen LogP contribution is -2.25. The summed E-state index contributed by atoms with van der Waals surface area (Å²) in [6.45, 7) is 1.28. The largest absolute Gasteiger partial charge is 0.336 e. The van der Waals surface area contributed by atoms with Gasteiger partial charge in [-0.2, -0.15) is 5.10 Å². The summed E-state index contributed by atoms with van der Waals surface area (Å²) in [4.78, 5) is 4.42. The van der Waals surface area contributed by atoms with Crippen molar-refractivity contribution in [2.75, 3.05) is 0 Å². The standard InChI is InChI=1S/C22H22FN5.ClH/c1-27-12-11-24-22(27)21(19-9-5-6-10-20(19)23)25-13-18-14-26-28(16-18)15-17-7-3-2-4-8-17;/h2-12,14,16,21,25H,13,15H2,1H3;1H. The summed E-state index contributed by atoms with van der Waals surface area (Å²) in [5.74, 6) is 0.518. The van der Waals surface area contributed by atoms with E-state index in [1.54, 1.807) is 18.3 Å². The van der Waals surface area contributed by atoms with Crippen LogP contribution in [-0.4, -0.2) is 19.3 Å². The van der Waals surface area contributed by atoms with Crippen LogP contribution >= 0.6 is 12.4 Å². The second-order valence-corrected chi connectivity index (χ2v) is 6.76. The molecule has 2 aromatic heterocycles. The molecule has 0 spiro atoms. The third-order valence-electron chi connectivity index (χ3n) is 4.72. The first-order valence-electron chi connectivity index (χ1n) is 9.21. The minimum atomic E-state index is -0.348. The summed E-state index contributed by atoms with van der Waals surface area (Å²) in [5, 5.41) is 7.88. The van der Waals surface area contributed by atoms with Gasteiger partial charge in [-0.15, -0.1) is 12.4 Å². The number of rotatable bonds is 7. The molecule has 1 unspecified atom stereocenters. The molecule has 0 fully saturated rings. The Kier molecular flexibility index (Phi) is 6.80. The maximum absolute atomic E-state index is 14.4. The zero-order valence-corrected chi connectivity index (χ0v) is 16.9. The van der Waals surface area contributed by atoms with Gasteiger partial charge in [0, 0.05) is 43.3 Å². The zero-order chi connectivity index (χ0) is 19.3. The summed E-state index contributed by atoms with van der Waals surface area (Å²) in [6, 6.07) is 16.7. The van der Waals surface area contributed by atoms with E-state index in [0.29, 0.717) is 12.1 Å². The van der Waals surface area contributed by atoms with Crippen molar-refractivity contribution in [3.05, 3.63) is 108 Å². The van der Waals surface area contributed by atoms with Gasteiger partial charge in [-0.25, -0.2) is 9.37 Å². The fourth-order valence-corrected chi connectivity index (χ4v) is 3.28. The quantitative estimate of drug-likeness (QED) is 0.498. The Morgan fingerprint density at radius 3 is 2.52 bits per heavy atom. The van der Waals surface area contributed by atoms with E-state index in [9.17, 15) is 4.39 Å². The predicted molar refractivity (Wildman–Crippen MR) is 113 cm³/mol. The fourth-order valence-electron chi connectivity index (χ4n) is 3.28. The van der Waals surface area contributed by atoms with Crippen molar-refractivity contribution in [2.45, 2.75) is 19.1 Å². The molecule has 1 atom stereocenters. The SMILES string of the molecule is Cl.Cn1ccnc1C(NCc1cnn(Cc2ccccc2)c1)c1ccccc1F. The normalized spacial score (nSPS) is 11.8. The number of hydrogen-bond donors (Lipinski definition) is 1. The van der Waals surface area contributed by atoms with E-state index in [2.05, 4.69) is 27.5 Å². The Morgan fingerprint density at radius 1 is 1.03 bits per heavy atom. The van der Waals surface area contributed by atoms with Crippen LogP contribution in [0.1, 0.15) is 28.6 Å². The van der Waals surface area contributed by atoms with E-state index >= 15 is 0 Å². The molecule has 29 heavy (non-hydrogen) atoms. The van der Waals surface area contributed by atoms with E-state index in [0.717, 1.165) is 17.9 Å². The van der Waals surface area contributed by atoms with E-state index < -0.39 is 0 Å². The van der Waals surface area contributed by atoms with Crippen LogP contribution < -0.4 is 5.32 Å². The minimum absolute atomic E-state index is 0. The Balaban J connectivity index is 0.00000240. The highest BCUT2D eigenvalue weighted by atomic mass is 35.5. The molecule has 0 bridgehead atoms. The minimum Gasteiger partial charge on any atom is -0.336 e. The molecule has 0 aliphatic carbocycles. The molecular formula is C22H23ClFN5. The van der Waals surface area contributed by atoms with E-state index in [4.69, 9.17) is 0 Å². The molecule has 4 rings (SSSR count). The lowest BCUT2D eigenvalue weighted by molar-refractivity contribution is 0.520. The number of imidazole rings is 1. The average Bonchev–Trinajstić information content (AvgIpc) is 3.33. The summed E-state index contributed by atoms with van der Waals surface area (Å²) in [7, 11) is 1.91. The van der Waals surface area contributed by atoms with Crippen LogP contribution in [0.25, 0.3) is 0 Å². The molecule has 7 heteroatoms. The average molecular weight is 412 g/mol. The second kappa shape index (κ2) is 9.49. The second-order valence-electron chi connectivity index (χ2n) is 6.76. The molecule has 0 amide bonds. The zero-order valence-electron chi connectivity index (χ0n) is 16.1. The molecule has 5 nitrogen and oxygen atoms in total. The maximum atomic E-state index is 14.4. The van der Waals surface area contributed by atoms with Crippen molar-refractivity contribution in [3.63, 3.8) is 0 Å². The molecule has 0 aliphatic rings. The lowest BCUT2D eigenvalue weighted by Gasteiger charge is -2.19. The van der Waals surface area contributed by atoms with Crippen molar-refractivity contribution in [1.29, 1.82) is 0 Å². The van der Waals surface area contributed by atoms with Crippen LogP contribution in [-0.2, 0) is 20.1 Å². The van der Waals surface area contributed by atoms with Gasteiger partial charge in [0.2, 0.25) is 0 Å². The molecule has 0 radical (unpaired) electrons.